The number of ether oxygens (including phenoxy) is 1. The van der Waals surface area contributed by atoms with Gasteiger partial charge in [0, 0.05) is 0 Å². The van der Waals surface area contributed by atoms with Crippen molar-refractivity contribution in [2.75, 3.05) is 18.1 Å². The van der Waals surface area contributed by atoms with E-state index < -0.39 is 5.97 Å². The summed E-state index contributed by atoms with van der Waals surface area (Å²) in [5, 5.41) is 9.06. The summed E-state index contributed by atoms with van der Waals surface area (Å²) in [5.41, 5.74) is 0.503. The minimum atomic E-state index is -1.08. The molecule has 92 valence electrons. The highest BCUT2D eigenvalue weighted by atomic mass is 16.5. The summed E-state index contributed by atoms with van der Waals surface area (Å²) >= 11 is 0. The number of anilines is 1. The number of fused-ring (bicyclic) bond motifs is 1. The number of carbonyl (C=O) groups excluding carboxylic acids is 1. The van der Waals surface area contributed by atoms with E-state index in [0.717, 1.165) is 0 Å². The summed E-state index contributed by atoms with van der Waals surface area (Å²) in [6, 6.07) is 4.67. The second-order valence-corrected chi connectivity index (χ2v) is 3.64. The lowest BCUT2D eigenvalue weighted by Gasteiger charge is -2.28. The Kier molecular flexibility index (Phi) is 3.20. The molecule has 0 atom stereocenters. The average Bonchev–Trinajstić information content (AvgIpc) is 2.37. The number of hydrogen-bond acceptors (Lipinski definition) is 3. The molecule has 1 aliphatic rings. The van der Waals surface area contributed by atoms with Gasteiger partial charge in [-0.2, -0.15) is 0 Å². The number of carbonyl (C=O) groups is 2. The molecular weight excluding hydrogens is 234 g/mol. The van der Waals surface area contributed by atoms with Gasteiger partial charge in [0.2, 0.25) is 0 Å². The summed E-state index contributed by atoms with van der Waals surface area (Å²) < 4.78 is 5.35. The molecule has 0 saturated heterocycles. The van der Waals surface area contributed by atoms with Gasteiger partial charge in [-0.25, -0.2) is 4.79 Å². The number of carboxylic acid groups (broad SMARTS) is 1. The maximum Gasteiger partial charge on any atom is 0.339 e. The Labute approximate surface area is 104 Å². The van der Waals surface area contributed by atoms with Crippen molar-refractivity contribution < 1.29 is 19.4 Å². The quantitative estimate of drug-likeness (QED) is 0.753. The van der Waals surface area contributed by atoms with Crippen molar-refractivity contribution >= 4 is 17.6 Å². The van der Waals surface area contributed by atoms with Gasteiger partial charge in [0.1, 0.15) is 12.2 Å². The Bertz CT molecular complexity index is 568. The van der Waals surface area contributed by atoms with Crippen molar-refractivity contribution in [3.8, 4) is 17.6 Å². The lowest BCUT2D eigenvalue weighted by Crippen LogP contribution is -2.37. The Morgan fingerprint density at radius 3 is 2.89 bits per heavy atom. The fourth-order valence-electron chi connectivity index (χ4n) is 1.80. The predicted molar refractivity (Wildman–Crippen MR) is 64.7 cm³/mol. The molecule has 0 spiro atoms. The van der Waals surface area contributed by atoms with Crippen molar-refractivity contribution in [3.05, 3.63) is 23.8 Å². The van der Waals surface area contributed by atoms with Gasteiger partial charge in [-0.15, -0.1) is 0 Å². The van der Waals surface area contributed by atoms with E-state index in [0.29, 0.717) is 12.2 Å². The molecule has 1 aromatic rings. The Hall–Kier alpha value is -2.48. The van der Waals surface area contributed by atoms with E-state index in [4.69, 9.17) is 9.84 Å². The highest BCUT2D eigenvalue weighted by Crippen LogP contribution is 2.34. The highest BCUT2D eigenvalue weighted by Gasteiger charge is 2.26. The molecule has 1 heterocycles. The molecule has 1 amide bonds. The van der Waals surface area contributed by atoms with E-state index in [1.54, 1.807) is 19.1 Å². The minimum Gasteiger partial charge on any atom is -0.489 e. The van der Waals surface area contributed by atoms with Gasteiger partial charge < -0.3 is 9.84 Å². The second kappa shape index (κ2) is 4.80. The first-order chi connectivity index (χ1) is 8.65. The van der Waals surface area contributed by atoms with Gasteiger partial charge in [-0.1, -0.05) is 12.0 Å². The van der Waals surface area contributed by atoms with E-state index in [9.17, 15) is 9.59 Å². The third kappa shape index (κ3) is 2.00. The zero-order valence-electron chi connectivity index (χ0n) is 9.77. The van der Waals surface area contributed by atoms with E-state index in [2.05, 4.69) is 11.8 Å². The fraction of sp³-hybridized carbons (Fsp3) is 0.231. The third-order valence-electron chi connectivity index (χ3n) is 2.55. The van der Waals surface area contributed by atoms with E-state index in [1.165, 1.54) is 11.0 Å². The first kappa shape index (κ1) is 12.0. The van der Waals surface area contributed by atoms with Crippen LogP contribution in [0.2, 0.25) is 0 Å². The van der Waals surface area contributed by atoms with E-state index in [1.807, 2.05) is 0 Å². The summed E-state index contributed by atoms with van der Waals surface area (Å²) in [6.07, 6.45) is 0. The number of carboxylic acids is 1. The topological polar surface area (TPSA) is 66.8 Å². The number of para-hydroxylation sites is 1. The Morgan fingerprint density at radius 1 is 1.44 bits per heavy atom. The van der Waals surface area contributed by atoms with Crippen LogP contribution >= 0.6 is 0 Å². The predicted octanol–water partition coefficient (Wildman–Crippen LogP) is 1.13. The molecule has 5 heteroatoms. The SMILES string of the molecule is CC#CC(=O)N1CCOc2c(C(=O)O)cccc21. The molecule has 18 heavy (non-hydrogen) atoms. The molecule has 0 radical (unpaired) electrons. The molecule has 0 saturated carbocycles. The lowest BCUT2D eigenvalue weighted by atomic mass is 10.1. The summed E-state index contributed by atoms with van der Waals surface area (Å²) in [6.45, 7) is 2.20. The summed E-state index contributed by atoms with van der Waals surface area (Å²) in [7, 11) is 0. The van der Waals surface area contributed by atoms with Gasteiger partial charge in [0.05, 0.1) is 12.2 Å². The van der Waals surface area contributed by atoms with Crippen LogP contribution in [0.25, 0.3) is 0 Å². The molecule has 2 rings (SSSR count). The Morgan fingerprint density at radius 2 is 2.22 bits per heavy atom. The number of benzene rings is 1. The summed E-state index contributed by atoms with van der Waals surface area (Å²) in [5.74, 6) is 3.76. The molecule has 5 nitrogen and oxygen atoms in total. The summed E-state index contributed by atoms with van der Waals surface area (Å²) in [4.78, 5) is 24.3. The van der Waals surface area contributed by atoms with Crippen LogP contribution in [0, 0.1) is 11.8 Å². The zero-order valence-corrected chi connectivity index (χ0v) is 9.77. The number of rotatable bonds is 1. The van der Waals surface area contributed by atoms with Crippen LogP contribution in [0.4, 0.5) is 5.69 Å². The maximum absolute atomic E-state index is 11.8. The third-order valence-corrected chi connectivity index (χ3v) is 2.55. The molecule has 0 aliphatic carbocycles. The molecule has 1 aromatic carbocycles. The highest BCUT2D eigenvalue weighted by molar-refractivity contribution is 6.08. The van der Waals surface area contributed by atoms with Crippen LogP contribution in [-0.4, -0.2) is 30.1 Å². The van der Waals surface area contributed by atoms with Crippen LogP contribution in [0.3, 0.4) is 0 Å². The largest absolute Gasteiger partial charge is 0.489 e. The van der Waals surface area contributed by atoms with Crippen molar-refractivity contribution in [1.29, 1.82) is 0 Å². The lowest BCUT2D eigenvalue weighted by molar-refractivity contribution is -0.113. The van der Waals surface area contributed by atoms with Crippen molar-refractivity contribution in [1.82, 2.24) is 0 Å². The first-order valence-electron chi connectivity index (χ1n) is 5.38. The molecule has 1 aliphatic heterocycles. The van der Waals surface area contributed by atoms with Crippen molar-refractivity contribution in [2.45, 2.75) is 6.92 Å². The average molecular weight is 245 g/mol. The first-order valence-corrected chi connectivity index (χ1v) is 5.38. The van der Waals surface area contributed by atoms with E-state index in [-0.39, 0.29) is 23.8 Å². The van der Waals surface area contributed by atoms with Crippen molar-refractivity contribution in [3.63, 3.8) is 0 Å². The number of nitrogens with zero attached hydrogens (tertiary/aromatic N) is 1. The van der Waals surface area contributed by atoms with Crippen LogP contribution in [-0.2, 0) is 4.79 Å². The molecule has 0 bridgehead atoms. The monoisotopic (exact) mass is 245 g/mol. The van der Waals surface area contributed by atoms with Crippen LogP contribution in [0.15, 0.2) is 18.2 Å². The standard InChI is InChI=1S/C13H11NO4/c1-2-4-11(15)14-7-8-18-12-9(13(16)17)5-3-6-10(12)14/h3,5-6H,7-8H2,1H3,(H,16,17). The maximum atomic E-state index is 11.8. The second-order valence-electron chi connectivity index (χ2n) is 3.64. The van der Waals surface area contributed by atoms with Gasteiger partial charge >= 0.3 is 11.9 Å². The molecule has 0 aromatic heterocycles. The molecular formula is C13H11NO4. The number of hydrogen-bond donors (Lipinski definition) is 1. The van der Waals surface area contributed by atoms with Crippen LogP contribution in [0.1, 0.15) is 17.3 Å². The van der Waals surface area contributed by atoms with Gasteiger partial charge in [-0.05, 0) is 25.0 Å². The van der Waals surface area contributed by atoms with E-state index >= 15 is 0 Å². The van der Waals surface area contributed by atoms with Gasteiger partial charge in [0.25, 0.3) is 0 Å². The molecule has 0 fully saturated rings. The van der Waals surface area contributed by atoms with Crippen LogP contribution < -0.4 is 9.64 Å². The molecule has 1 N–H and O–H groups in total. The van der Waals surface area contributed by atoms with Crippen molar-refractivity contribution in [2.24, 2.45) is 0 Å². The Balaban J connectivity index is 2.49. The number of amides is 1. The number of aromatic carboxylic acids is 1. The molecule has 0 unspecified atom stereocenters. The smallest absolute Gasteiger partial charge is 0.339 e. The normalized spacial score (nSPS) is 12.8. The fourth-order valence-corrected chi connectivity index (χ4v) is 1.80. The van der Waals surface area contributed by atoms with Gasteiger partial charge in [0.15, 0.2) is 5.75 Å². The zero-order chi connectivity index (χ0) is 13.1. The van der Waals surface area contributed by atoms with Gasteiger partial charge in [-0.3, -0.25) is 9.69 Å². The van der Waals surface area contributed by atoms with Crippen LogP contribution in [0.5, 0.6) is 5.75 Å². The minimum absolute atomic E-state index is 0.0504.